The third-order valence-electron chi connectivity index (χ3n) is 3.88. The van der Waals surface area contributed by atoms with Gasteiger partial charge in [-0.3, -0.25) is 0 Å². The number of aliphatic hydroxyl groups excluding tert-OH is 1. The average Bonchev–Trinajstić information content (AvgIpc) is 2.63. The molecule has 114 valence electrons. The molecule has 1 N–H and O–H groups in total. The Balaban J connectivity index is 1.91. The fourth-order valence-electron chi connectivity index (χ4n) is 2.66. The van der Waals surface area contributed by atoms with Crippen molar-refractivity contribution >= 4 is 11.6 Å². The van der Waals surface area contributed by atoms with Crippen LogP contribution in [0.3, 0.4) is 0 Å². The van der Waals surface area contributed by atoms with Gasteiger partial charge in [0.1, 0.15) is 0 Å². The third-order valence-corrected chi connectivity index (χ3v) is 3.88. The summed E-state index contributed by atoms with van der Waals surface area (Å²) in [5.41, 5.74) is 4.37. The van der Waals surface area contributed by atoms with Crippen molar-refractivity contribution in [2.45, 2.75) is 12.5 Å². The highest BCUT2D eigenvalue weighted by atomic mass is 16.3. The highest BCUT2D eigenvalue weighted by molar-refractivity contribution is 5.81. The van der Waals surface area contributed by atoms with Gasteiger partial charge in [-0.05, 0) is 22.3 Å². The molecule has 0 fully saturated rings. The van der Waals surface area contributed by atoms with Crippen molar-refractivity contribution in [3.63, 3.8) is 0 Å². The Bertz CT molecular complexity index is 746. The maximum atomic E-state index is 10.6. The van der Waals surface area contributed by atoms with Gasteiger partial charge in [0.05, 0.1) is 6.10 Å². The van der Waals surface area contributed by atoms with Gasteiger partial charge in [-0.15, -0.1) is 0 Å². The van der Waals surface area contributed by atoms with E-state index in [1.165, 1.54) is 0 Å². The van der Waals surface area contributed by atoms with Gasteiger partial charge in [0.25, 0.3) is 0 Å². The Morgan fingerprint density at radius 2 is 1.26 bits per heavy atom. The van der Waals surface area contributed by atoms with Crippen LogP contribution in [-0.4, -0.2) is 5.11 Å². The van der Waals surface area contributed by atoms with Crippen molar-refractivity contribution in [3.8, 4) is 0 Å². The maximum Gasteiger partial charge on any atom is 0.0830 e. The van der Waals surface area contributed by atoms with E-state index in [-0.39, 0.29) is 0 Å². The molecule has 1 heteroatoms. The second kappa shape index (κ2) is 7.57. The molecule has 0 aliphatic carbocycles. The highest BCUT2D eigenvalue weighted by Gasteiger charge is 2.11. The van der Waals surface area contributed by atoms with Crippen molar-refractivity contribution in [3.05, 3.63) is 108 Å². The monoisotopic (exact) mass is 300 g/mol. The largest absolute Gasteiger partial charge is 0.388 e. The predicted molar refractivity (Wildman–Crippen MR) is 96.8 cm³/mol. The minimum absolute atomic E-state index is 0.508. The van der Waals surface area contributed by atoms with E-state index in [0.29, 0.717) is 6.42 Å². The molecule has 0 spiro atoms. The van der Waals surface area contributed by atoms with Gasteiger partial charge in [-0.25, -0.2) is 0 Å². The van der Waals surface area contributed by atoms with Crippen molar-refractivity contribution in [1.82, 2.24) is 0 Å². The van der Waals surface area contributed by atoms with Gasteiger partial charge < -0.3 is 5.11 Å². The first-order chi connectivity index (χ1) is 11.3. The summed E-state index contributed by atoms with van der Waals surface area (Å²) in [7, 11) is 0. The molecule has 0 amide bonds. The van der Waals surface area contributed by atoms with Gasteiger partial charge in [-0.1, -0.05) is 97.1 Å². The normalized spacial score (nSPS) is 12.8. The molecule has 0 saturated carbocycles. The first-order valence-corrected chi connectivity index (χ1v) is 7.87. The zero-order valence-corrected chi connectivity index (χ0v) is 13.0. The molecule has 3 aromatic rings. The van der Waals surface area contributed by atoms with Gasteiger partial charge in [-0.2, -0.15) is 0 Å². The molecule has 0 bridgehead atoms. The second-order valence-electron chi connectivity index (χ2n) is 5.58. The molecule has 0 aromatic heterocycles. The topological polar surface area (TPSA) is 20.2 Å². The van der Waals surface area contributed by atoms with Crippen LogP contribution in [0.1, 0.15) is 29.2 Å². The lowest BCUT2D eigenvalue weighted by atomic mass is 9.94. The van der Waals surface area contributed by atoms with Gasteiger partial charge in [0.15, 0.2) is 0 Å². The van der Waals surface area contributed by atoms with E-state index in [0.717, 1.165) is 22.3 Å². The Labute approximate surface area is 137 Å². The number of rotatable bonds is 5. The Hall–Kier alpha value is -2.64. The van der Waals surface area contributed by atoms with E-state index >= 15 is 0 Å². The van der Waals surface area contributed by atoms with E-state index in [2.05, 4.69) is 30.3 Å². The first kappa shape index (κ1) is 15.3. The Morgan fingerprint density at radius 1 is 0.739 bits per heavy atom. The van der Waals surface area contributed by atoms with E-state index in [9.17, 15) is 5.11 Å². The summed E-state index contributed by atoms with van der Waals surface area (Å²) in [6, 6.07) is 30.3. The SMILES string of the molecule is OC(CC(=Cc1ccccc1)c1ccccc1)c1ccccc1. The molecule has 0 aliphatic rings. The van der Waals surface area contributed by atoms with Crippen LogP contribution in [0.5, 0.6) is 0 Å². The molecular weight excluding hydrogens is 280 g/mol. The summed E-state index contributed by atoms with van der Waals surface area (Å²) < 4.78 is 0. The molecule has 0 heterocycles. The van der Waals surface area contributed by atoms with Crippen LogP contribution in [0, 0.1) is 0 Å². The summed E-state index contributed by atoms with van der Waals surface area (Å²) in [6.07, 6.45) is 2.23. The summed E-state index contributed by atoms with van der Waals surface area (Å²) in [6.45, 7) is 0. The maximum absolute atomic E-state index is 10.6. The molecule has 23 heavy (non-hydrogen) atoms. The van der Waals surface area contributed by atoms with Crippen LogP contribution < -0.4 is 0 Å². The minimum Gasteiger partial charge on any atom is -0.388 e. The van der Waals surface area contributed by atoms with Crippen LogP contribution in [0.4, 0.5) is 0 Å². The first-order valence-electron chi connectivity index (χ1n) is 7.87. The molecule has 0 aliphatic heterocycles. The fraction of sp³-hybridized carbons (Fsp3) is 0.0909. The number of hydrogen-bond acceptors (Lipinski definition) is 1. The lowest BCUT2D eigenvalue weighted by Crippen LogP contribution is -1.99. The molecule has 3 rings (SSSR count). The highest BCUT2D eigenvalue weighted by Crippen LogP contribution is 2.29. The van der Waals surface area contributed by atoms with Gasteiger partial charge >= 0.3 is 0 Å². The zero-order valence-electron chi connectivity index (χ0n) is 13.0. The van der Waals surface area contributed by atoms with E-state index in [1.54, 1.807) is 0 Å². The van der Waals surface area contributed by atoms with Crippen molar-refractivity contribution in [2.24, 2.45) is 0 Å². The Kier molecular flexibility index (Phi) is 5.02. The lowest BCUT2D eigenvalue weighted by Gasteiger charge is -2.15. The van der Waals surface area contributed by atoms with Gasteiger partial charge in [0.2, 0.25) is 0 Å². The van der Waals surface area contributed by atoms with Crippen LogP contribution in [0.2, 0.25) is 0 Å². The molecule has 1 nitrogen and oxygen atoms in total. The molecule has 0 radical (unpaired) electrons. The molecule has 1 unspecified atom stereocenters. The third kappa shape index (κ3) is 4.18. The molecule has 0 saturated heterocycles. The van der Waals surface area contributed by atoms with E-state index in [1.807, 2.05) is 66.7 Å². The predicted octanol–water partition coefficient (Wildman–Crippen LogP) is 5.35. The molecular formula is C22H20O. The van der Waals surface area contributed by atoms with Crippen molar-refractivity contribution in [1.29, 1.82) is 0 Å². The number of benzene rings is 3. The summed E-state index contributed by atoms with van der Waals surface area (Å²) in [4.78, 5) is 0. The van der Waals surface area contributed by atoms with Crippen LogP contribution in [0.15, 0.2) is 91.0 Å². The summed E-state index contributed by atoms with van der Waals surface area (Å²) in [5.74, 6) is 0. The van der Waals surface area contributed by atoms with E-state index < -0.39 is 6.10 Å². The molecule has 1 atom stereocenters. The quantitative estimate of drug-likeness (QED) is 0.630. The van der Waals surface area contributed by atoms with Gasteiger partial charge in [0, 0.05) is 6.42 Å². The fourth-order valence-corrected chi connectivity index (χ4v) is 2.66. The van der Waals surface area contributed by atoms with Crippen LogP contribution in [0.25, 0.3) is 11.6 Å². The molecule has 3 aromatic carbocycles. The smallest absolute Gasteiger partial charge is 0.0830 e. The standard InChI is InChI=1S/C22H20O/c23-22(20-14-8-3-9-15-20)17-21(19-12-6-2-7-13-19)16-18-10-4-1-5-11-18/h1-16,22-23H,17H2. The average molecular weight is 300 g/mol. The number of hydrogen-bond donors (Lipinski definition) is 1. The van der Waals surface area contributed by atoms with Crippen molar-refractivity contribution in [2.75, 3.05) is 0 Å². The summed E-state index contributed by atoms with van der Waals surface area (Å²) >= 11 is 0. The zero-order chi connectivity index (χ0) is 15.9. The van der Waals surface area contributed by atoms with Crippen LogP contribution in [-0.2, 0) is 0 Å². The Morgan fingerprint density at radius 3 is 1.87 bits per heavy atom. The number of aliphatic hydroxyl groups is 1. The summed E-state index contributed by atoms with van der Waals surface area (Å²) in [5, 5.41) is 10.6. The van der Waals surface area contributed by atoms with Crippen molar-refractivity contribution < 1.29 is 5.11 Å². The lowest BCUT2D eigenvalue weighted by molar-refractivity contribution is 0.184. The van der Waals surface area contributed by atoms with Crippen LogP contribution >= 0.6 is 0 Å². The minimum atomic E-state index is -0.508. The second-order valence-corrected chi connectivity index (χ2v) is 5.58. The van der Waals surface area contributed by atoms with E-state index in [4.69, 9.17) is 0 Å².